The zero-order valence-electron chi connectivity index (χ0n) is 19.1. The molecule has 1 aliphatic rings. The fourth-order valence-corrected chi connectivity index (χ4v) is 4.30. The first kappa shape index (κ1) is 24.1. The number of carbonyl (C=O) groups is 1. The Labute approximate surface area is 208 Å². The van der Waals surface area contributed by atoms with Gasteiger partial charge in [-0.3, -0.25) is 14.2 Å². The smallest absolute Gasteiger partial charge is 0.258 e. The molecule has 0 atom stereocenters. The number of nitrogens with one attached hydrogen (secondary N) is 1. The molecule has 1 aliphatic heterocycles. The number of fused-ring (bicyclic) bond motifs is 1. The molecule has 0 unspecified atom stereocenters. The average molecular weight is 501 g/mol. The predicted molar refractivity (Wildman–Crippen MR) is 134 cm³/mol. The van der Waals surface area contributed by atoms with Gasteiger partial charge in [-0.2, -0.15) is 0 Å². The van der Waals surface area contributed by atoms with Crippen molar-refractivity contribution in [3.8, 4) is 5.75 Å². The number of nitrogens with zero attached hydrogens (tertiary/aromatic N) is 3. The number of aromatic nitrogens is 2. The third kappa shape index (κ3) is 5.05. The van der Waals surface area contributed by atoms with E-state index in [9.17, 15) is 9.59 Å². The Bertz CT molecular complexity index is 1260. The van der Waals surface area contributed by atoms with E-state index in [0.717, 1.165) is 17.7 Å². The van der Waals surface area contributed by atoms with Crippen molar-refractivity contribution in [2.45, 2.75) is 39.4 Å². The van der Waals surface area contributed by atoms with E-state index in [2.05, 4.69) is 5.32 Å². The number of benzene rings is 2. The van der Waals surface area contributed by atoms with Crippen LogP contribution in [0.25, 0.3) is 0 Å². The molecule has 7 nitrogen and oxygen atoms in total. The summed E-state index contributed by atoms with van der Waals surface area (Å²) in [6.45, 7) is 3.79. The minimum atomic E-state index is -0.170. The molecule has 9 heteroatoms. The maximum Gasteiger partial charge on any atom is 0.258 e. The molecule has 1 N–H and O–H groups in total. The predicted octanol–water partition coefficient (Wildman–Crippen LogP) is 4.78. The maximum atomic E-state index is 13.3. The van der Waals surface area contributed by atoms with Crippen LogP contribution in [0.2, 0.25) is 10.0 Å². The summed E-state index contributed by atoms with van der Waals surface area (Å²) < 4.78 is 6.90. The van der Waals surface area contributed by atoms with Crippen molar-refractivity contribution in [3.05, 3.63) is 85.2 Å². The van der Waals surface area contributed by atoms with E-state index in [1.807, 2.05) is 31.2 Å². The Kier molecular flexibility index (Phi) is 7.44. The molecule has 0 saturated carbocycles. The summed E-state index contributed by atoms with van der Waals surface area (Å²) in [5.41, 5.74) is 2.73. The van der Waals surface area contributed by atoms with Crippen LogP contribution in [-0.4, -0.2) is 34.0 Å². The molecule has 0 bridgehead atoms. The summed E-state index contributed by atoms with van der Waals surface area (Å²) in [4.78, 5) is 32.8. The molecule has 34 heavy (non-hydrogen) atoms. The van der Waals surface area contributed by atoms with Gasteiger partial charge in [-0.1, -0.05) is 42.3 Å². The van der Waals surface area contributed by atoms with Crippen molar-refractivity contribution in [2.75, 3.05) is 19.0 Å². The van der Waals surface area contributed by atoms with Crippen LogP contribution in [0, 0.1) is 0 Å². The number of halogens is 2. The van der Waals surface area contributed by atoms with Crippen LogP contribution in [0.3, 0.4) is 0 Å². The highest BCUT2D eigenvalue weighted by atomic mass is 35.5. The van der Waals surface area contributed by atoms with Crippen molar-refractivity contribution in [1.82, 2.24) is 14.5 Å². The normalized spacial score (nSPS) is 12.9. The standard InChI is InChI=1S/C25H26Cl2N4O3/c1-3-11-31-24(33)19-10-12-30(23(32)17-6-9-20(26)21(27)13-17)15-22(19)29-25(31)28-14-16-4-7-18(34-2)8-5-16/h4-9,13H,3,10-12,14-15H2,1-2H3,(H,28,29). The van der Waals surface area contributed by atoms with Crippen LogP contribution in [0.5, 0.6) is 5.75 Å². The molecule has 1 aromatic heterocycles. The molecule has 0 spiro atoms. The molecule has 0 aliphatic carbocycles. The second-order valence-electron chi connectivity index (χ2n) is 8.12. The van der Waals surface area contributed by atoms with Crippen molar-refractivity contribution < 1.29 is 9.53 Å². The van der Waals surface area contributed by atoms with E-state index in [4.69, 9.17) is 32.9 Å². The number of amides is 1. The minimum Gasteiger partial charge on any atom is -0.497 e. The maximum absolute atomic E-state index is 13.3. The molecule has 1 amide bonds. The van der Waals surface area contributed by atoms with Gasteiger partial charge in [0.25, 0.3) is 11.5 Å². The summed E-state index contributed by atoms with van der Waals surface area (Å²) in [6.07, 6.45) is 1.26. The Hall–Kier alpha value is -3.03. The first-order valence-corrected chi connectivity index (χ1v) is 11.9. The highest BCUT2D eigenvalue weighted by Gasteiger charge is 2.27. The SMILES string of the molecule is CCCn1c(NCc2ccc(OC)cc2)nc2c(c1=O)CCN(C(=O)c1ccc(Cl)c(Cl)c1)C2. The third-order valence-corrected chi connectivity index (χ3v) is 6.57. The fourth-order valence-electron chi connectivity index (χ4n) is 4.00. The number of anilines is 1. The van der Waals surface area contributed by atoms with Gasteiger partial charge >= 0.3 is 0 Å². The Morgan fingerprint density at radius 3 is 2.59 bits per heavy atom. The molecule has 2 aromatic carbocycles. The topological polar surface area (TPSA) is 76.5 Å². The van der Waals surface area contributed by atoms with Crippen LogP contribution in [0.4, 0.5) is 5.95 Å². The van der Waals surface area contributed by atoms with Gasteiger partial charge in [-0.05, 0) is 48.7 Å². The van der Waals surface area contributed by atoms with Crippen LogP contribution < -0.4 is 15.6 Å². The third-order valence-electron chi connectivity index (χ3n) is 5.83. The lowest BCUT2D eigenvalue weighted by Gasteiger charge is -2.29. The van der Waals surface area contributed by atoms with Crippen molar-refractivity contribution >= 4 is 35.1 Å². The molecular weight excluding hydrogens is 475 g/mol. The minimum absolute atomic E-state index is 0.0503. The van der Waals surface area contributed by atoms with Crippen LogP contribution in [0.1, 0.15) is 40.5 Å². The van der Waals surface area contributed by atoms with Gasteiger partial charge in [0.2, 0.25) is 5.95 Å². The molecule has 178 valence electrons. The lowest BCUT2D eigenvalue weighted by molar-refractivity contribution is 0.0731. The average Bonchev–Trinajstić information content (AvgIpc) is 2.86. The van der Waals surface area contributed by atoms with Crippen molar-refractivity contribution in [1.29, 1.82) is 0 Å². The highest BCUT2D eigenvalue weighted by molar-refractivity contribution is 6.42. The van der Waals surface area contributed by atoms with Gasteiger partial charge in [0, 0.05) is 30.8 Å². The fraction of sp³-hybridized carbons (Fsp3) is 0.320. The summed E-state index contributed by atoms with van der Waals surface area (Å²) in [5.74, 6) is 1.12. The van der Waals surface area contributed by atoms with Gasteiger partial charge in [0.15, 0.2) is 0 Å². The molecule has 0 fully saturated rings. The Morgan fingerprint density at radius 1 is 1.15 bits per heavy atom. The number of ether oxygens (including phenoxy) is 1. The molecule has 0 saturated heterocycles. The zero-order valence-corrected chi connectivity index (χ0v) is 20.6. The lowest BCUT2D eigenvalue weighted by atomic mass is 10.0. The number of methoxy groups -OCH3 is 1. The number of carbonyl (C=O) groups excluding carboxylic acids is 1. The van der Waals surface area contributed by atoms with Crippen LogP contribution >= 0.6 is 23.2 Å². The van der Waals surface area contributed by atoms with Gasteiger partial charge < -0.3 is 15.0 Å². The summed E-state index contributed by atoms with van der Waals surface area (Å²) in [6, 6.07) is 12.5. The molecule has 2 heterocycles. The quantitative estimate of drug-likeness (QED) is 0.505. The molecule has 4 rings (SSSR count). The monoisotopic (exact) mass is 500 g/mol. The van der Waals surface area contributed by atoms with Gasteiger partial charge in [0.05, 0.1) is 29.4 Å². The summed E-state index contributed by atoms with van der Waals surface area (Å²) >= 11 is 12.1. The second-order valence-corrected chi connectivity index (χ2v) is 8.94. The lowest BCUT2D eigenvalue weighted by Crippen LogP contribution is -2.41. The number of hydrogen-bond donors (Lipinski definition) is 1. The first-order valence-electron chi connectivity index (χ1n) is 11.1. The van der Waals surface area contributed by atoms with E-state index in [1.165, 1.54) is 0 Å². The van der Waals surface area contributed by atoms with Crippen LogP contribution in [0.15, 0.2) is 47.3 Å². The zero-order chi connectivity index (χ0) is 24.2. The highest BCUT2D eigenvalue weighted by Crippen LogP contribution is 2.25. The molecular formula is C25H26Cl2N4O3. The van der Waals surface area contributed by atoms with Gasteiger partial charge in [0.1, 0.15) is 5.75 Å². The largest absolute Gasteiger partial charge is 0.497 e. The van der Waals surface area contributed by atoms with Crippen molar-refractivity contribution in [2.24, 2.45) is 0 Å². The van der Waals surface area contributed by atoms with E-state index in [0.29, 0.717) is 58.9 Å². The summed E-state index contributed by atoms with van der Waals surface area (Å²) in [7, 11) is 1.63. The van der Waals surface area contributed by atoms with Crippen molar-refractivity contribution in [3.63, 3.8) is 0 Å². The second kappa shape index (κ2) is 10.5. The number of rotatable bonds is 7. The Morgan fingerprint density at radius 2 is 1.91 bits per heavy atom. The van der Waals surface area contributed by atoms with E-state index < -0.39 is 0 Å². The van der Waals surface area contributed by atoms with E-state index in [-0.39, 0.29) is 18.0 Å². The van der Waals surface area contributed by atoms with E-state index >= 15 is 0 Å². The van der Waals surface area contributed by atoms with Gasteiger partial charge in [-0.15, -0.1) is 0 Å². The molecule has 3 aromatic rings. The van der Waals surface area contributed by atoms with Crippen LogP contribution in [-0.2, 0) is 26.1 Å². The first-order chi connectivity index (χ1) is 16.4. The Balaban J connectivity index is 1.59. The number of hydrogen-bond acceptors (Lipinski definition) is 5. The van der Waals surface area contributed by atoms with Gasteiger partial charge in [-0.25, -0.2) is 4.98 Å². The summed E-state index contributed by atoms with van der Waals surface area (Å²) in [5, 5.41) is 4.03. The molecule has 0 radical (unpaired) electrons. The van der Waals surface area contributed by atoms with E-state index in [1.54, 1.807) is 34.8 Å².